The minimum atomic E-state index is -0.829. The summed E-state index contributed by atoms with van der Waals surface area (Å²) >= 11 is 0. The summed E-state index contributed by atoms with van der Waals surface area (Å²) in [6, 6.07) is -0.752. The van der Waals surface area contributed by atoms with Gasteiger partial charge in [-0.15, -0.1) is 0 Å². The summed E-state index contributed by atoms with van der Waals surface area (Å²) in [4.78, 5) is 26.0. The second-order valence-corrected chi connectivity index (χ2v) is 15.7. The van der Waals surface area contributed by atoms with Crippen molar-refractivity contribution in [1.29, 1.82) is 0 Å². The first-order valence-corrected chi connectivity index (χ1v) is 23.9. The molecule has 338 valence electrons. The molecule has 0 aliphatic carbocycles. The number of esters is 1. The molecule has 60 heavy (non-hydrogen) atoms. The van der Waals surface area contributed by atoms with E-state index in [0.29, 0.717) is 19.3 Å². The van der Waals surface area contributed by atoms with Gasteiger partial charge in [0.1, 0.15) is 6.10 Å². The van der Waals surface area contributed by atoms with Crippen molar-refractivity contribution in [3.05, 3.63) is 122 Å². The number of allylic oxidation sites excluding steroid dienone is 19. The standard InChI is InChI=1S/C54H87NO5/c1-4-7-10-13-16-19-22-24-25-26-27-28-29-32-35-38-41-44-47-54(59)60-50(45-42-39-36-33-30-21-18-15-12-9-6-3)48-53(58)55-51(49-56)52(57)46-43-40-37-34-31-23-20-17-14-11-8-5-2/h9-10,12-13,15-16,18-19,21-22,24-28,30,33,36,39,42,50-52,56-57H,4-8,11,14,17,20,23,29,31-32,34-35,37-38,40-41,43-49H2,1-3H3,(H,55,58)/b12-9+,13-10+,18-15+,19-16+,24-22+,26-25+,28-27+,30-21-,36-33-,42-39+. The molecule has 3 N–H and O–H groups in total. The Bertz CT molecular complexity index is 1300. The van der Waals surface area contributed by atoms with E-state index in [1.54, 1.807) is 0 Å². The molecule has 0 spiro atoms. The smallest absolute Gasteiger partial charge is 0.306 e. The van der Waals surface area contributed by atoms with Crippen molar-refractivity contribution in [2.75, 3.05) is 6.61 Å². The summed E-state index contributed by atoms with van der Waals surface area (Å²) in [7, 11) is 0. The highest BCUT2D eigenvalue weighted by atomic mass is 16.5. The lowest BCUT2D eigenvalue weighted by Crippen LogP contribution is -2.46. The minimum absolute atomic E-state index is 0.0373. The quantitative estimate of drug-likeness (QED) is 0.0325. The van der Waals surface area contributed by atoms with Crippen molar-refractivity contribution < 1.29 is 24.5 Å². The molecule has 0 aromatic carbocycles. The van der Waals surface area contributed by atoms with E-state index < -0.39 is 18.2 Å². The van der Waals surface area contributed by atoms with Gasteiger partial charge in [0, 0.05) is 12.8 Å². The summed E-state index contributed by atoms with van der Waals surface area (Å²) in [5.74, 6) is -0.651. The zero-order chi connectivity index (χ0) is 43.8. The molecule has 0 aromatic rings. The number of hydrogen-bond donors (Lipinski definition) is 3. The zero-order valence-corrected chi connectivity index (χ0v) is 38.3. The van der Waals surface area contributed by atoms with Gasteiger partial charge in [0.2, 0.25) is 5.91 Å². The van der Waals surface area contributed by atoms with Gasteiger partial charge in [0.25, 0.3) is 0 Å². The van der Waals surface area contributed by atoms with Crippen molar-refractivity contribution in [3.63, 3.8) is 0 Å². The van der Waals surface area contributed by atoms with Crippen LogP contribution in [0.1, 0.15) is 181 Å². The van der Waals surface area contributed by atoms with Crippen LogP contribution < -0.4 is 5.32 Å². The van der Waals surface area contributed by atoms with Crippen molar-refractivity contribution in [3.8, 4) is 0 Å². The Kier molecular flexibility index (Phi) is 43.4. The molecule has 0 saturated carbocycles. The summed E-state index contributed by atoms with van der Waals surface area (Å²) in [6.45, 7) is 6.18. The molecular weight excluding hydrogens is 743 g/mol. The van der Waals surface area contributed by atoms with Crippen LogP contribution in [0, 0.1) is 0 Å². The number of rotatable bonds is 40. The maximum absolute atomic E-state index is 13.1. The van der Waals surface area contributed by atoms with Crippen molar-refractivity contribution >= 4 is 11.9 Å². The van der Waals surface area contributed by atoms with Crippen LogP contribution in [-0.2, 0) is 14.3 Å². The second kappa shape index (κ2) is 46.3. The van der Waals surface area contributed by atoms with Gasteiger partial charge in [-0.1, -0.05) is 245 Å². The number of hydrogen-bond acceptors (Lipinski definition) is 5. The third-order valence-corrected chi connectivity index (χ3v) is 10.0. The van der Waals surface area contributed by atoms with Gasteiger partial charge in [0.05, 0.1) is 25.2 Å². The van der Waals surface area contributed by atoms with Crippen LogP contribution >= 0.6 is 0 Å². The highest BCUT2D eigenvalue weighted by Gasteiger charge is 2.23. The molecule has 0 rings (SSSR count). The number of unbranched alkanes of at least 4 members (excludes halogenated alkanes) is 17. The Morgan fingerprint density at radius 3 is 1.48 bits per heavy atom. The van der Waals surface area contributed by atoms with Gasteiger partial charge in [-0.2, -0.15) is 0 Å². The molecule has 1 amide bonds. The number of aliphatic hydroxyl groups is 2. The van der Waals surface area contributed by atoms with Gasteiger partial charge in [-0.25, -0.2) is 0 Å². The SMILES string of the molecule is CC/C=C/C=C/C=C\C=C/C=C/CC(CC(=O)NC(CO)C(O)CCCCCCCCCCCCCC)OC(=O)CCCCCCC/C=C/C=C/C=C/C=C/C=C/CCC. The molecule has 6 heteroatoms. The monoisotopic (exact) mass is 830 g/mol. The second-order valence-electron chi connectivity index (χ2n) is 15.7. The van der Waals surface area contributed by atoms with Crippen molar-refractivity contribution in [1.82, 2.24) is 5.32 Å². The third kappa shape index (κ3) is 41.0. The Morgan fingerprint density at radius 1 is 0.517 bits per heavy atom. The number of amides is 1. The van der Waals surface area contributed by atoms with Crippen LogP contribution in [0.2, 0.25) is 0 Å². The number of ether oxygens (including phenoxy) is 1. The van der Waals surface area contributed by atoms with E-state index in [2.05, 4.69) is 56.5 Å². The van der Waals surface area contributed by atoms with E-state index in [4.69, 9.17) is 4.74 Å². The van der Waals surface area contributed by atoms with Gasteiger partial charge in [-0.3, -0.25) is 9.59 Å². The summed E-state index contributed by atoms with van der Waals surface area (Å²) in [5, 5.41) is 23.6. The molecule has 0 heterocycles. The number of carbonyl (C=O) groups is 2. The normalized spacial score (nSPS) is 14.4. The third-order valence-electron chi connectivity index (χ3n) is 10.0. The van der Waals surface area contributed by atoms with Gasteiger partial charge < -0.3 is 20.3 Å². The van der Waals surface area contributed by atoms with Crippen LogP contribution in [0.15, 0.2) is 122 Å². The maximum atomic E-state index is 13.1. The largest absolute Gasteiger partial charge is 0.461 e. The maximum Gasteiger partial charge on any atom is 0.306 e. The van der Waals surface area contributed by atoms with E-state index in [1.165, 1.54) is 64.2 Å². The summed E-state index contributed by atoms with van der Waals surface area (Å²) < 4.78 is 5.81. The van der Waals surface area contributed by atoms with Crippen LogP contribution in [0.4, 0.5) is 0 Å². The zero-order valence-electron chi connectivity index (χ0n) is 38.3. The first-order chi connectivity index (χ1) is 29.5. The predicted molar refractivity (Wildman–Crippen MR) is 259 cm³/mol. The molecule has 0 aliphatic rings. The number of carbonyl (C=O) groups excluding carboxylic acids is 2. The van der Waals surface area contributed by atoms with E-state index in [0.717, 1.165) is 70.6 Å². The predicted octanol–water partition coefficient (Wildman–Crippen LogP) is 14.1. The first kappa shape index (κ1) is 56.3. The average Bonchev–Trinajstić information content (AvgIpc) is 3.24. The van der Waals surface area contributed by atoms with Gasteiger partial charge >= 0.3 is 5.97 Å². The molecule has 3 unspecified atom stereocenters. The summed E-state index contributed by atoms with van der Waals surface area (Å²) in [6.07, 6.45) is 64.1. The van der Waals surface area contributed by atoms with E-state index >= 15 is 0 Å². The highest BCUT2D eigenvalue weighted by molar-refractivity contribution is 5.77. The number of nitrogens with one attached hydrogen (secondary N) is 1. The molecule has 0 radical (unpaired) electrons. The fourth-order valence-corrected chi connectivity index (χ4v) is 6.42. The van der Waals surface area contributed by atoms with Crippen molar-refractivity contribution in [2.45, 2.75) is 200 Å². The van der Waals surface area contributed by atoms with E-state index in [-0.39, 0.29) is 24.9 Å². The molecule has 0 bridgehead atoms. The number of aliphatic hydroxyl groups excluding tert-OH is 2. The Morgan fingerprint density at radius 2 is 0.967 bits per heavy atom. The fourth-order valence-electron chi connectivity index (χ4n) is 6.42. The molecular formula is C54H87NO5. The molecule has 0 saturated heterocycles. The lowest BCUT2D eigenvalue weighted by molar-refractivity contribution is -0.150. The van der Waals surface area contributed by atoms with Crippen LogP contribution in [0.5, 0.6) is 0 Å². The lowest BCUT2D eigenvalue weighted by Gasteiger charge is -2.24. The summed E-state index contributed by atoms with van der Waals surface area (Å²) in [5.41, 5.74) is 0. The van der Waals surface area contributed by atoms with Gasteiger partial charge in [0.15, 0.2) is 0 Å². The molecule has 0 aromatic heterocycles. The van der Waals surface area contributed by atoms with Crippen LogP contribution in [0.3, 0.4) is 0 Å². The van der Waals surface area contributed by atoms with E-state index in [1.807, 2.05) is 91.1 Å². The van der Waals surface area contributed by atoms with E-state index in [9.17, 15) is 19.8 Å². The Labute approximate surface area is 368 Å². The average molecular weight is 830 g/mol. The Hall–Kier alpha value is -3.74. The highest BCUT2D eigenvalue weighted by Crippen LogP contribution is 2.15. The molecule has 6 nitrogen and oxygen atoms in total. The molecule has 0 aliphatic heterocycles. The van der Waals surface area contributed by atoms with Crippen LogP contribution in [-0.4, -0.2) is 46.9 Å². The lowest BCUT2D eigenvalue weighted by atomic mass is 10.0. The fraction of sp³-hybridized carbons (Fsp3) is 0.593. The minimum Gasteiger partial charge on any atom is -0.461 e. The molecule has 3 atom stereocenters. The van der Waals surface area contributed by atoms with Crippen LogP contribution in [0.25, 0.3) is 0 Å². The Balaban J connectivity index is 4.76. The van der Waals surface area contributed by atoms with Gasteiger partial charge in [-0.05, 0) is 38.5 Å². The topological polar surface area (TPSA) is 95.9 Å². The first-order valence-electron chi connectivity index (χ1n) is 23.9. The molecule has 0 fully saturated rings. The van der Waals surface area contributed by atoms with Crippen molar-refractivity contribution in [2.24, 2.45) is 0 Å².